The summed E-state index contributed by atoms with van der Waals surface area (Å²) < 4.78 is 33.5. The molecule has 13 nitrogen and oxygen atoms in total. The Morgan fingerprint density at radius 1 is 0.492 bits per heavy atom. The molecule has 1 aliphatic carbocycles. The Labute approximate surface area is 379 Å². The first-order valence-corrected chi connectivity index (χ1v) is 25.6. The minimum Gasteiger partial charge on any atom is -0.462 e. The van der Waals surface area contributed by atoms with Crippen molar-refractivity contribution in [3.63, 3.8) is 0 Å². The van der Waals surface area contributed by atoms with E-state index < -0.39 is 75.7 Å². The number of rotatable bonds is 39. The molecule has 6 atom stereocenters. The molecule has 0 aromatic rings. The number of carbonyl (C=O) groups excluding carboxylic acids is 2. The lowest BCUT2D eigenvalue weighted by Crippen LogP contribution is -2.64. The monoisotopic (exact) mass is 913 g/mol. The predicted molar refractivity (Wildman–Crippen MR) is 249 cm³/mol. The molecule has 1 fully saturated rings. The number of phosphoric ester groups is 1. The van der Waals surface area contributed by atoms with Crippen LogP contribution in [0, 0.1) is 0 Å². The van der Waals surface area contributed by atoms with E-state index in [9.17, 15) is 44.6 Å². The molecule has 6 unspecified atom stereocenters. The number of aliphatic hydroxyl groups excluding tert-OH is 5. The molecule has 1 saturated carbocycles. The Morgan fingerprint density at radius 3 is 1.37 bits per heavy atom. The number of hydrogen-bond acceptors (Lipinski definition) is 12. The molecule has 0 amide bonds. The van der Waals surface area contributed by atoms with Gasteiger partial charge in [-0.05, 0) is 51.4 Å². The van der Waals surface area contributed by atoms with Crippen LogP contribution in [0.15, 0.2) is 60.8 Å². The Kier molecular flexibility index (Phi) is 36.1. The summed E-state index contributed by atoms with van der Waals surface area (Å²) in [6, 6.07) is 0. The first-order valence-electron chi connectivity index (χ1n) is 24.1. The predicted octanol–water partition coefficient (Wildman–Crippen LogP) is 9.73. The van der Waals surface area contributed by atoms with Crippen LogP contribution in [0.5, 0.6) is 0 Å². The van der Waals surface area contributed by atoms with Crippen LogP contribution in [0.3, 0.4) is 0 Å². The molecule has 63 heavy (non-hydrogen) atoms. The molecule has 0 aromatic carbocycles. The first kappa shape index (κ1) is 58.6. The topological polar surface area (TPSA) is 210 Å². The Morgan fingerprint density at radius 2 is 0.889 bits per heavy atom. The zero-order valence-corrected chi connectivity index (χ0v) is 39.5. The van der Waals surface area contributed by atoms with Crippen LogP contribution in [0.4, 0.5) is 0 Å². The summed E-state index contributed by atoms with van der Waals surface area (Å²) in [6.45, 7) is 3.21. The second-order valence-corrected chi connectivity index (χ2v) is 18.0. The van der Waals surface area contributed by atoms with Crippen molar-refractivity contribution in [2.75, 3.05) is 13.2 Å². The van der Waals surface area contributed by atoms with Crippen LogP contribution in [0.1, 0.15) is 181 Å². The van der Waals surface area contributed by atoms with E-state index in [0.717, 1.165) is 51.4 Å². The zero-order valence-electron chi connectivity index (χ0n) is 38.6. The Balaban J connectivity index is 2.49. The normalized spacial score (nSPS) is 22.2. The van der Waals surface area contributed by atoms with Gasteiger partial charge in [0.15, 0.2) is 6.10 Å². The van der Waals surface area contributed by atoms with E-state index in [1.54, 1.807) is 0 Å². The lowest BCUT2D eigenvalue weighted by Gasteiger charge is -2.41. The quantitative estimate of drug-likeness (QED) is 0.0147. The van der Waals surface area contributed by atoms with Crippen molar-refractivity contribution in [1.29, 1.82) is 0 Å². The van der Waals surface area contributed by atoms with Crippen molar-refractivity contribution in [1.82, 2.24) is 0 Å². The fourth-order valence-electron chi connectivity index (χ4n) is 6.98. The van der Waals surface area contributed by atoms with Crippen molar-refractivity contribution in [3.05, 3.63) is 60.8 Å². The molecule has 6 N–H and O–H groups in total. The number of phosphoric acid groups is 1. The first-order chi connectivity index (χ1) is 30.4. The standard InChI is InChI=1S/C49H85O13P/c1-3-5-7-9-11-13-15-17-19-20-21-22-24-25-27-29-31-33-35-37-42(50)59-39-41(40-60-63(57,58)62-49-47(55)45(53)44(52)46(54)48(49)56)61-43(51)38-36-34-32-30-28-26-23-18-16-14-12-10-8-6-4-2/h11,13,17,19,21-22,25,27,31,33,41,44-49,52-56H,3-10,12,14-16,18,20,23-24,26,28-30,32,34-40H2,1-2H3,(H,57,58). The maximum Gasteiger partial charge on any atom is 0.472 e. The van der Waals surface area contributed by atoms with E-state index in [2.05, 4.69) is 56.4 Å². The summed E-state index contributed by atoms with van der Waals surface area (Å²) in [5.41, 5.74) is 0. The maximum atomic E-state index is 12.8. The van der Waals surface area contributed by atoms with E-state index in [1.807, 2.05) is 18.2 Å². The number of esters is 2. The van der Waals surface area contributed by atoms with Crippen molar-refractivity contribution in [2.24, 2.45) is 0 Å². The molecule has 0 saturated heterocycles. The third-order valence-electron chi connectivity index (χ3n) is 10.9. The van der Waals surface area contributed by atoms with Gasteiger partial charge in [-0.25, -0.2) is 4.57 Å². The molecule has 0 radical (unpaired) electrons. The molecule has 0 heterocycles. The molecule has 0 bridgehead atoms. The van der Waals surface area contributed by atoms with Crippen LogP contribution < -0.4 is 0 Å². The molecule has 1 rings (SSSR count). The Hall–Kier alpha value is -2.45. The van der Waals surface area contributed by atoms with Crippen LogP contribution in [-0.4, -0.2) is 98.3 Å². The molecule has 14 heteroatoms. The van der Waals surface area contributed by atoms with Gasteiger partial charge in [-0.15, -0.1) is 0 Å². The van der Waals surface area contributed by atoms with E-state index in [4.69, 9.17) is 18.5 Å². The second kappa shape index (κ2) is 38.8. The van der Waals surface area contributed by atoms with Crippen LogP contribution in [0.25, 0.3) is 0 Å². The van der Waals surface area contributed by atoms with Crippen LogP contribution >= 0.6 is 7.82 Å². The van der Waals surface area contributed by atoms with E-state index >= 15 is 0 Å². The molecule has 0 aromatic heterocycles. The van der Waals surface area contributed by atoms with Gasteiger partial charge in [0.2, 0.25) is 0 Å². The fraction of sp³-hybridized carbons (Fsp3) is 0.755. The van der Waals surface area contributed by atoms with Gasteiger partial charge in [0.1, 0.15) is 43.2 Å². The zero-order chi connectivity index (χ0) is 46.4. The van der Waals surface area contributed by atoms with Crippen molar-refractivity contribution >= 4 is 19.8 Å². The lowest BCUT2D eigenvalue weighted by atomic mass is 9.85. The summed E-state index contributed by atoms with van der Waals surface area (Å²) in [5.74, 6) is -1.19. The summed E-state index contributed by atoms with van der Waals surface area (Å²) in [7, 11) is -5.14. The van der Waals surface area contributed by atoms with Gasteiger partial charge in [0, 0.05) is 12.8 Å². The summed E-state index contributed by atoms with van der Waals surface area (Å²) >= 11 is 0. The highest BCUT2D eigenvalue weighted by atomic mass is 31.2. The number of aliphatic hydroxyl groups is 5. The second-order valence-electron chi connectivity index (χ2n) is 16.6. The lowest BCUT2D eigenvalue weighted by molar-refractivity contribution is -0.220. The molecule has 364 valence electrons. The third-order valence-corrected chi connectivity index (χ3v) is 11.9. The van der Waals surface area contributed by atoms with Gasteiger partial charge in [0.05, 0.1) is 6.61 Å². The molecule has 0 aliphatic heterocycles. The summed E-state index contributed by atoms with van der Waals surface area (Å²) in [6.07, 6.45) is 34.2. The van der Waals surface area contributed by atoms with E-state index in [-0.39, 0.29) is 12.8 Å². The SMILES string of the molecule is CCCCCC=CCC=CCC=CCC=CCC=CCCC(=O)OCC(COP(=O)(O)OC1C(O)C(O)C(O)C(O)C1O)OC(=O)CCCCCCCCCCCCCCCCC. The van der Waals surface area contributed by atoms with Gasteiger partial charge >= 0.3 is 19.8 Å². The largest absolute Gasteiger partial charge is 0.472 e. The number of carbonyl (C=O) groups is 2. The fourth-order valence-corrected chi connectivity index (χ4v) is 7.95. The number of allylic oxidation sites excluding steroid dienone is 10. The number of unbranched alkanes of at least 4 members (excludes halogenated alkanes) is 17. The minimum absolute atomic E-state index is 0.0430. The van der Waals surface area contributed by atoms with E-state index in [1.165, 1.54) is 83.5 Å². The highest BCUT2D eigenvalue weighted by Crippen LogP contribution is 2.47. The average Bonchev–Trinajstić information content (AvgIpc) is 3.26. The van der Waals surface area contributed by atoms with E-state index in [0.29, 0.717) is 19.3 Å². The van der Waals surface area contributed by atoms with Gasteiger partial charge in [0.25, 0.3) is 0 Å². The van der Waals surface area contributed by atoms with Crippen molar-refractivity contribution < 1.29 is 63.1 Å². The van der Waals surface area contributed by atoms with Gasteiger partial charge in [-0.3, -0.25) is 18.6 Å². The molecule has 0 spiro atoms. The van der Waals surface area contributed by atoms with Crippen LogP contribution in [0.2, 0.25) is 0 Å². The summed E-state index contributed by atoms with van der Waals surface area (Å²) in [4.78, 5) is 35.7. The number of hydrogen-bond donors (Lipinski definition) is 6. The van der Waals surface area contributed by atoms with Gasteiger partial charge < -0.3 is 39.9 Å². The van der Waals surface area contributed by atoms with Crippen molar-refractivity contribution in [2.45, 2.75) is 224 Å². The Bertz CT molecular complexity index is 1330. The third kappa shape index (κ3) is 31.2. The van der Waals surface area contributed by atoms with Crippen LogP contribution in [-0.2, 0) is 32.7 Å². The summed E-state index contributed by atoms with van der Waals surface area (Å²) in [5, 5.41) is 50.2. The molecular formula is C49H85O13P. The number of ether oxygens (including phenoxy) is 2. The maximum absolute atomic E-state index is 12.8. The van der Waals surface area contributed by atoms with Gasteiger partial charge in [-0.2, -0.15) is 0 Å². The van der Waals surface area contributed by atoms with Crippen molar-refractivity contribution in [3.8, 4) is 0 Å². The smallest absolute Gasteiger partial charge is 0.462 e. The van der Waals surface area contributed by atoms with Gasteiger partial charge in [-0.1, -0.05) is 177 Å². The molecular weight excluding hydrogens is 827 g/mol. The minimum atomic E-state index is -5.14. The molecule has 1 aliphatic rings. The highest BCUT2D eigenvalue weighted by molar-refractivity contribution is 7.47. The average molecular weight is 913 g/mol. The highest BCUT2D eigenvalue weighted by Gasteiger charge is 2.51.